The summed E-state index contributed by atoms with van der Waals surface area (Å²) in [5.74, 6) is 0.860. The van der Waals surface area contributed by atoms with Gasteiger partial charge in [-0.3, -0.25) is 0 Å². The van der Waals surface area contributed by atoms with Gasteiger partial charge in [0.15, 0.2) is 0 Å². The standard InChI is InChI=1S/C19H25NO2/c1-18-7-5-12(20)9-11(18)10-15(21)17-13-3-4-16(22)19(13,2)8-6-14(17)18/h3-5,7,10,12-14,16,21-22H,6,8-9,20H2,1-2H3/t12-,13-,14-,16-,18-,19-/m0/s1. The highest BCUT2D eigenvalue weighted by Crippen LogP contribution is 2.61. The summed E-state index contributed by atoms with van der Waals surface area (Å²) in [6.45, 7) is 4.42. The first-order valence-electron chi connectivity index (χ1n) is 8.31. The minimum absolute atomic E-state index is 0.0415. The first-order chi connectivity index (χ1) is 10.4. The van der Waals surface area contributed by atoms with Crippen molar-refractivity contribution in [3.63, 3.8) is 0 Å². The van der Waals surface area contributed by atoms with Gasteiger partial charge < -0.3 is 15.9 Å². The summed E-state index contributed by atoms with van der Waals surface area (Å²) >= 11 is 0. The molecule has 4 aliphatic carbocycles. The number of hydrogen-bond donors (Lipinski definition) is 3. The van der Waals surface area contributed by atoms with Gasteiger partial charge in [0.2, 0.25) is 0 Å². The number of aliphatic hydroxyl groups is 2. The van der Waals surface area contributed by atoms with Gasteiger partial charge >= 0.3 is 0 Å². The summed E-state index contributed by atoms with van der Waals surface area (Å²) in [7, 11) is 0. The van der Waals surface area contributed by atoms with E-state index < -0.39 is 6.10 Å². The summed E-state index contributed by atoms with van der Waals surface area (Å²) in [6.07, 6.45) is 12.7. The van der Waals surface area contributed by atoms with Gasteiger partial charge in [0, 0.05) is 22.8 Å². The van der Waals surface area contributed by atoms with Gasteiger partial charge in [-0.15, -0.1) is 0 Å². The molecule has 4 rings (SSSR count). The fourth-order valence-electron chi connectivity index (χ4n) is 5.17. The lowest BCUT2D eigenvalue weighted by Crippen LogP contribution is -2.47. The number of fused-ring (bicyclic) bond motifs is 5. The van der Waals surface area contributed by atoms with Crippen molar-refractivity contribution in [3.05, 3.63) is 47.3 Å². The lowest BCUT2D eigenvalue weighted by atomic mass is 9.52. The van der Waals surface area contributed by atoms with E-state index in [1.807, 2.05) is 12.2 Å². The van der Waals surface area contributed by atoms with Crippen LogP contribution in [0, 0.1) is 22.7 Å². The van der Waals surface area contributed by atoms with Crippen LogP contribution in [0.1, 0.15) is 33.1 Å². The maximum atomic E-state index is 10.7. The third-order valence-electron chi connectivity index (χ3n) is 6.72. The first kappa shape index (κ1) is 14.3. The molecular weight excluding hydrogens is 274 g/mol. The van der Waals surface area contributed by atoms with Gasteiger partial charge in [0.05, 0.1) is 6.10 Å². The van der Waals surface area contributed by atoms with Crippen molar-refractivity contribution in [3.8, 4) is 0 Å². The molecule has 3 heteroatoms. The van der Waals surface area contributed by atoms with E-state index in [0.717, 1.165) is 24.8 Å². The summed E-state index contributed by atoms with van der Waals surface area (Å²) in [5, 5.41) is 21.1. The second-order valence-corrected chi connectivity index (χ2v) is 7.92. The molecule has 0 aromatic rings. The Morgan fingerprint density at radius 2 is 2.00 bits per heavy atom. The number of rotatable bonds is 0. The maximum absolute atomic E-state index is 10.7. The van der Waals surface area contributed by atoms with Crippen molar-refractivity contribution in [2.45, 2.75) is 45.3 Å². The number of hydrogen-bond acceptors (Lipinski definition) is 3. The van der Waals surface area contributed by atoms with Gasteiger partial charge in [-0.25, -0.2) is 0 Å². The first-order valence-corrected chi connectivity index (χ1v) is 8.31. The minimum atomic E-state index is -0.410. The molecule has 0 aromatic carbocycles. The highest BCUT2D eigenvalue weighted by Gasteiger charge is 2.55. The molecule has 1 fully saturated rings. The molecule has 0 saturated heterocycles. The molecule has 3 nitrogen and oxygen atoms in total. The van der Waals surface area contributed by atoms with Gasteiger partial charge in [0.1, 0.15) is 5.76 Å². The van der Waals surface area contributed by atoms with Crippen LogP contribution in [0.25, 0.3) is 0 Å². The molecule has 1 saturated carbocycles. The topological polar surface area (TPSA) is 66.5 Å². The van der Waals surface area contributed by atoms with Crippen LogP contribution in [0.5, 0.6) is 0 Å². The van der Waals surface area contributed by atoms with Crippen molar-refractivity contribution in [2.75, 3.05) is 0 Å². The predicted molar refractivity (Wildman–Crippen MR) is 87.0 cm³/mol. The zero-order valence-corrected chi connectivity index (χ0v) is 13.3. The van der Waals surface area contributed by atoms with Crippen molar-refractivity contribution in [1.82, 2.24) is 0 Å². The molecule has 118 valence electrons. The summed E-state index contributed by atoms with van der Waals surface area (Å²) in [5.41, 5.74) is 8.23. The lowest BCUT2D eigenvalue weighted by molar-refractivity contribution is 0.0248. The van der Waals surface area contributed by atoms with E-state index in [1.165, 1.54) is 5.57 Å². The van der Waals surface area contributed by atoms with Crippen molar-refractivity contribution in [1.29, 1.82) is 0 Å². The van der Waals surface area contributed by atoms with Crippen molar-refractivity contribution >= 4 is 0 Å². The molecule has 0 spiro atoms. The molecule has 0 unspecified atom stereocenters. The fourth-order valence-corrected chi connectivity index (χ4v) is 5.17. The maximum Gasteiger partial charge on any atom is 0.115 e. The second kappa shape index (κ2) is 4.36. The van der Waals surface area contributed by atoms with Gasteiger partial charge in [-0.1, -0.05) is 43.7 Å². The van der Waals surface area contributed by atoms with E-state index in [4.69, 9.17) is 5.73 Å². The Hall–Kier alpha value is -1.32. The van der Waals surface area contributed by atoms with Crippen molar-refractivity contribution in [2.24, 2.45) is 28.4 Å². The van der Waals surface area contributed by atoms with E-state index in [-0.39, 0.29) is 22.8 Å². The molecule has 0 radical (unpaired) electrons. The van der Waals surface area contributed by atoms with Crippen LogP contribution in [0.2, 0.25) is 0 Å². The van der Waals surface area contributed by atoms with Crippen molar-refractivity contribution < 1.29 is 10.2 Å². The Kier molecular flexibility index (Phi) is 2.83. The van der Waals surface area contributed by atoms with Gasteiger partial charge in [-0.2, -0.15) is 0 Å². The SMILES string of the molecule is C[C@]12CC[C@H]3C(=C(O)C=C4C[C@@H](N)C=C[C@@]43C)[C@@H]1C=C[C@@H]2O. The monoisotopic (exact) mass is 299 g/mol. The molecule has 22 heavy (non-hydrogen) atoms. The molecule has 6 atom stereocenters. The Labute approximate surface area is 131 Å². The Morgan fingerprint density at radius 3 is 2.77 bits per heavy atom. The predicted octanol–water partition coefficient (Wildman–Crippen LogP) is 3.00. The van der Waals surface area contributed by atoms with E-state index in [0.29, 0.717) is 11.7 Å². The molecule has 0 aliphatic heterocycles. The van der Waals surface area contributed by atoms with Crippen LogP contribution in [0.4, 0.5) is 0 Å². The lowest BCUT2D eigenvalue weighted by Gasteiger charge is -2.52. The molecular formula is C19H25NO2. The van der Waals surface area contributed by atoms with Gasteiger partial charge in [0.25, 0.3) is 0 Å². The quantitative estimate of drug-likeness (QED) is 0.602. The molecule has 0 bridgehead atoms. The summed E-state index contributed by atoms with van der Waals surface area (Å²) < 4.78 is 0. The van der Waals surface area contributed by atoms with Crippen LogP contribution in [-0.2, 0) is 0 Å². The van der Waals surface area contributed by atoms with Gasteiger partial charge in [-0.05, 0) is 36.8 Å². The smallest absolute Gasteiger partial charge is 0.115 e. The largest absolute Gasteiger partial charge is 0.508 e. The Bertz CT molecular complexity index is 644. The van der Waals surface area contributed by atoms with Crippen LogP contribution in [0.15, 0.2) is 47.3 Å². The molecule has 4 N–H and O–H groups in total. The number of aliphatic hydroxyl groups excluding tert-OH is 2. The zero-order chi connectivity index (χ0) is 15.7. The van der Waals surface area contributed by atoms with E-state index in [2.05, 4.69) is 32.1 Å². The molecule has 4 aliphatic rings. The van der Waals surface area contributed by atoms with E-state index in [1.54, 1.807) is 0 Å². The normalized spacial score (nSPS) is 49.5. The van der Waals surface area contributed by atoms with E-state index >= 15 is 0 Å². The number of nitrogens with two attached hydrogens (primary N) is 1. The average molecular weight is 299 g/mol. The Morgan fingerprint density at radius 1 is 1.23 bits per heavy atom. The summed E-state index contributed by atoms with van der Waals surface area (Å²) in [4.78, 5) is 0. The summed E-state index contributed by atoms with van der Waals surface area (Å²) in [6, 6.07) is 0.0516. The molecule has 0 heterocycles. The third-order valence-corrected chi connectivity index (χ3v) is 6.72. The third kappa shape index (κ3) is 1.64. The highest BCUT2D eigenvalue weighted by atomic mass is 16.3. The zero-order valence-electron chi connectivity index (χ0n) is 13.3. The van der Waals surface area contributed by atoms with Crippen LogP contribution in [0.3, 0.4) is 0 Å². The second-order valence-electron chi connectivity index (χ2n) is 7.92. The average Bonchev–Trinajstić information content (AvgIpc) is 2.77. The number of allylic oxidation sites excluding steroid dienone is 4. The van der Waals surface area contributed by atoms with E-state index in [9.17, 15) is 10.2 Å². The highest BCUT2D eigenvalue weighted by molar-refractivity contribution is 5.47. The van der Waals surface area contributed by atoms with Crippen LogP contribution in [-0.4, -0.2) is 22.4 Å². The van der Waals surface area contributed by atoms with Crippen LogP contribution >= 0.6 is 0 Å². The molecule has 0 amide bonds. The Balaban J connectivity index is 1.85. The van der Waals surface area contributed by atoms with Crippen LogP contribution < -0.4 is 5.73 Å². The molecule has 0 aromatic heterocycles. The fraction of sp³-hybridized carbons (Fsp3) is 0.579. The minimum Gasteiger partial charge on any atom is -0.508 e.